The van der Waals surface area contributed by atoms with Gasteiger partial charge in [-0.3, -0.25) is 19.2 Å². The maximum absolute atomic E-state index is 15.7. The Morgan fingerprint density at radius 3 is 1.48 bits per heavy atom. The smallest absolute Gasteiger partial charge is 0.267 e. The zero-order chi connectivity index (χ0) is 41.8. The van der Waals surface area contributed by atoms with Gasteiger partial charge in [-0.15, -0.1) is 0 Å². The van der Waals surface area contributed by atoms with E-state index in [2.05, 4.69) is 101 Å². The monoisotopic (exact) mass is 766 g/mol. The van der Waals surface area contributed by atoms with Crippen molar-refractivity contribution in [1.29, 1.82) is 0 Å². The van der Waals surface area contributed by atoms with Crippen LogP contribution in [0.3, 0.4) is 0 Å². The Kier molecular flexibility index (Phi) is 7.70. The summed E-state index contributed by atoms with van der Waals surface area (Å²) in [7, 11) is 0. The molecule has 6 heteroatoms. The number of rotatable bonds is 2. The zero-order valence-electron chi connectivity index (χ0n) is 35.6. The van der Waals surface area contributed by atoms with Crippen LogP contribution in [0.5, 0.6) is 0 Å². The van der Waals surface area contributed by atoms with E-state index in [1.165, 1.54) is 9.47 Å². The Hall–Kier alpha value is -5.88. The van der Waals surface area contributed by atoms with Crippen LogP contribution in [0.25, 0.3) is 59.5 Å². The van der Waals surface area contributed by atoms with Crippen LogP contribution in [0.2, 0.25) is 0 Å². The van der Waals surface area contributed by atoms with Gasteiger partial charge in [-0.05, 0) is 94.4 Å². The average Bonchev–Trinajstić information content (AvgIpc) is 3.39. The fourth-order valence-electron chi connectivity index (χ4n) is 9.42. The maximum atomic E-state index is 15.7. The lowest BCUT2D eigenvalue weighted by Gasteiger charge is -2.34. The lowest BCUT2D eigenvalue weighted by Crippen LogP contribution is -2.42. The highest BCUT2D eigenvalue weighted by molar-refractivity contribution is 6.47. The van der Waals surface area contributed by atoms with Gasteiger partial charge in [0.2, 0.25) is 0 Å². The van der Waals surface area contributed by atoms with Gasteiger partial charge >= 0.3 is 0 Å². The predicted molar refractivity (Wildman–Crippen MR) is 241 cm³/mol. The van der Waals surface area contributed by atoms with E-state index in [9.17, 15) is 0 Å². The second-order valence-electron chi connectivity index (χ2n) is 20.5. The summed E-state index contributed by atoms with van der Waals surface area (Å²) in [5, 5.41) is 6.48. The SMILES string of the molecule is CC(C)(C)c1ccc(C(C)(C)C)c(N2C(=O)c3ccc4c5cccc6cccc(c65)c5c6c(=O)n(-c7cc(C(C)(C)C)ccc7C(C)(C)C)c(=O)c6c(c3c45)C2=O)c1. The van der Waals surface area contributed by atoms with E-state index in [-0.39, 0.29) is 27.2 Å². The van der Waals surface area contributed by atoms with Crippen LogP contribution in [0.4, 0.5) is 5.69 Å². The van der Waals surface area contributed by atoms with Crippen molar-refractivity contribution in [3.8, 4) is 5.69 Å². The molecule has 7 aromatic carbocycles. The topological polar surface area (TPSA) is 76.5 Å². The molecule has 1 aliphatic heterocycles. The van der Waals surface area contributed by atoms with Crippen LogP contribution < -0.4 is 16.0 Å². The maximum Gasteiger partial charge on any atom is 0.267 e. The van der Waals surface area contributed by atoms with E-state index < -0.39 is 33.8 Å². The van der Waals surface area contributed by atoms with E-state index in [0.29, 0.717) is 33.1 Å². The van der Waals surface area contributed by atoms with Crippen LogP contribution >= 0.6 is 0 Å². The standard InChI is InChI=1S/C52H50N2O4/c1-49(2,3)28-19-23-34(51(7,8)9)36(25-28)53-45(55)33-22-21-31-30-17-13-15-27-16-14-18-32(38(27)30)40-39(31)41(33)43(46(53)56)44-42(40)47(57)54(48(44)58)37-26-29(50(4,5)6)20-24-35(37)52(10,11)12/h13-26H,1-12H3. The van der Waals surface area contributed by atoms with Crippen LogP contribution in [-0.2, 0) is 21.7 Å². The zero-order valence-corrected chi connectivity index (χ0v) is 35.6. The van der Waals surface area contributed by atoms with Crippen molar-refractivity contribution >= 4 is 71.4 Å². The third kappa shape index (κ3) is 5.16. The van der Waals surface area contributed by atoms with Crippen molar-refractivity contribution in [1.82, 2.24) is 4.57 Å². The highest BCUT2D eigenvalue weighted by Gasteiger charge is 2.42. The number of anilines is 1. The summed E-state index contributed by atoms with van der Waals surface area (Å²) in [6.45, 7) is 25.0. The molecule has 0 atom stereocenters. The van der Waals surface area contributed by atoms with Crippen molar-refractivity contribution in [3.63, 3.8) is 0 Å². The minimum atomic E-state index is -0.603. The second kappa shape index (κ2) is 11.8. The van der Waals surface area contributed by atoms with Crippen LogP contribution in [0.1, 0.15) is 126 Å². The summed E-state index contributed by atoms with van der Waals surface area (Å²) in [6.07, 6.45) is 0. The van der Waals surface area contributed by atoms with Gasteiger partial charge in [-0.2, -0.15) is 0 Å². The lowest BCUT2D eigenvalue weighted by atomic mass is 9.79. The first-order valence-electron chi connectivity index (χ1n) is 20.3. The van der Waals surface area contributed by atoms with Crippen LogP contribution in [-0.4, -0.2) is 16.4 Å². The van der Waals surface area contributed by atoms with Crippen molar-refractivity contribution in [3.05, 3.63) is 139 Å². The Morgan fingerprint density at radius 1 is 0.414 bits per heavy atom. The van der Waals surface area contributed by atoms with Gasteiger partial charge in [0.15, 0.2) is 0 Å². The molecule has 0 bridgehead atoms. The largest absolute Gasteiger partial charge is 0.268 e. The summed E-state index contributed by atoms with van der Waals surface area (Å²) in [4.78, 5) is 63.3. The summed E-state index contributed by atoms with van der Waals surface area (Å²) in [6, 6.07) is 28.0. The van der Waals surface area contributed by atoms with Gasteiger partial charge in [0.1, 0.15) is 0 Å². The molecule has 0 saturated heterocycles. The molecular weight excluding hydrogens is 717 g/mol. The second-order valence-corrected chi connectivity index (χ2v) is 20.5. The normalized spacial score (nSPS) is 14.4. The summed E-state index contributed by atoms with van der Waals surface area (Å²) in [5.41, 5.74) is 2.57. The number of fused-ring (bicyclic) bond motifs is 5. The number of aromatic nitrogens is 1. The third-order valence-electron chi connectivity index (χ3n) is 12.4. The number of nitrogens with zero attached hydrogens (tertiary/aromatic N) is 2. The van der Waals surface area contributed by atoms with E-state index in [0.717, 1.165) is 49.2 Å². The average molecular weight is 767 g/mol. The predicted octanol–water partition coefficient (Wildman–Crippen LogP) is 11.8. The number of benzene rings is 7. The molecular formula is C52H50N2O4. The molecule has 0 radical (unpaired) electrons. The Balaban J connectivity index is 1.52. The molecule has 0 spiro atoms. The molecule has 0 aliphatic carbocycles. The summed E-state index contributed by atoms with van der Waals surface area (Å²) < 4.78 is 1.31. The van der Waals surface area contributed by atoms with E-state index in [4.69, 9.17) is 0 Å². The number of imide groups is 1. The first-order chi connectivity index (χ1) is 27.0. The fraction of sp³-hybridized carbons (Fsp3) is 0.308. The van der Waals surface area contributed by atoms with E-state index in [1.807, 2.05) is 60.7 Å². The van der Waals surface area contributed by atoms with E-state index >= 15 is 19.2 Å². The van der Waals surface area contributed by atoms with Gasteiger partial charge < -0.3 is 0 Å². The van der Waals surface area contributed by atoms with Crippen molar-refractivity contribution in [2.24, 2.45) is 0 Å². The lowest BCUT2D eigenvalue weighted by molar-refractivity contribution is 0.0894. The minimum absolute atomic E-state index is 0.0510. The molecule has 292 valence electrons. The number of carbonyl (C=O) groups excluding carboxylic acids is 2. The quantitative estimate of drug-likeness (QED) is 0.0997. The Labute approximate surface area is 338 Å². The first-order valence-corrected chi connectivity index (χ1v) is 20.3. The molecule has 0 fully saturated rings. The highest BCUT2D eigenvalue weighted by Crippen LogP contribution is 2.48. The number of amides is 2. The Bertz CT molecular complexity index is 3220. The number of carbonyl (C=O) groups is 2. The molecule has 1 aliphatic rings. The molecule has 8 aromatic rings. The molecule has 58 heavy (non-hydrogen) atoms. The van der Waals surface area contributed by atoms with Crippen LogP contribution in [0, 0.1) is 0 Å². The minimum Gasteiger partial charge on any atom is -0.268 e. The van der Waals surface area contributed by atoms with E-state index in [1.54, 1.807) is 6.07 Å². The first kappa shape index (κ1) is 37.7. The molecule has 0 unspecified atom stereocenters. The molecule has 2 amide bonds. The van der Waals surface area contributed by atoms with Gasteiger partial charge in [0.05, 0.1) is 27.7 Å². The molecule has 0 N–H and O–H groups in total. The number of hydrogen-bond acceptors (Lipinski definition) is 4. The molecule has 6 nitrogen and oxygen atoms in total. The molecule has 1 aromatic heterocycles. The molecule has 9 rings (SSSR count). The summed E-state index contributed by atoms with van der Waals surface area (Å²) in [5.74, 6) is -1.06. The van der Waals surface area contributed by atoms with Gasteiger partial charge in [0, 0.05) is 16.3 Å². The molecule has 0 saturated carbocycles. The fourth-order valence-corrected chi connectivity index (χ4v) is 9.42. The van der Waals surface area contributed by atoms with Gasteiger partial charge in [-0.1, -0.05) is 150 Å². The Morgan fingerprint density at radius 2 is 0.914 bits per heavy atom. The van der Waals surface area contributed by atoms with Gasteiger partial charge in [-0.25, -0.2) is 9.47 Å². The van der Waals surface area contributed by atoms with Crippen LogP contribution in [0.15, 0.2) is 94.5 Å². The summed E-state index contributed by atoms with van der Waals surface area (Å²) >= 11 is 0. The molecule has 2 heterocycles. The van der Waals surface area contributed by atoms with Crippen molar-refractivity contribution in [2.75, 3.05) is 4.90 Å². The van der Waals surface area contributed by atoms with Crippen molar-refractivity contribution < 1.29 is 9.59 Å². The third-order valence-corrected chi connectivity index (χ3v) is 12.4. The highest BCUT2D eigenvalue weighted by atomic mass is 16.2. The van der Waals surface area contributed by atoms with Gasteiger partial charge in [0.25, 0.3) is 22.9 Å². The van der Waals surface area contributed by atoms with Crippen molar-refractivity contribution in [2.45, 2.75) is 105 Å². The number of hydrogen-bond donors (Lipinski definition) is 0.